The number of nitrogens with zero attached hydrogens (tertiary/aromatic N) is 2. The molecule has 0 atom stereocenters. The van der Waals surface area contributed by atoms with Crippen molar-refractivity contribution in [2.24, 2.45) is 0 Å². The summed E-state index contributed by atoms with van der Waals surface area (Å²) in [4.78, 5) is 18.9. The number of hydrogen-bond acceptors (Lipinski definition) is 4. The van der Waals surface area contributed by atoms with Crippen LogP contribution in [0, 0.1) is 12.7 Å². The van der Waals surface area contributed by atoms with Gasteiger partial charge in [0.1, 0.15) is 16.6 Å². The fraction of sp³-hybridized carbons (Fsp3) is 0.273. The van der Waals surface area contributed by atoms with Crippen molar-refractivity contribution in [3.05, 3.63) is 71.0 Å². The average Bonchev–Trinajstić information content (AvgIpc) is 3.46. The molecule has 0 radical (unpaired) electrons. The van der Waals surface area contributed by atoms with E-state index in [2.05, 4.69) is 4.98 Å². The molecule has 1 aromatic heterocycles. The molecule has 1 heterocycles. The highest BCUT2D eigenvalue weighted by Crippen LogP contribution is 2.29. The topological polar surface area (TPSA) is 42.4 Å². The molecule has 1 aliphatic carbocycles. The van der Waals surface area contributed by atoms with Gasteiger partial charge in [-0.3, -0.25) is 4.79 Å². The summed E-state index contributed by atoms with van der Waals surface area (Å²) >= 11 is 1.60. The molecular weight excluding hydrogens is 375 g/mol. The predicted molar refractivity (Wildman–Crippen MR) is 108 cm³/mol. The molecule has 4 nitrogen and oxygen atoms in total. The first-order valence-electron chi connectivity index (χ1n) is 9.28. The van der Waals surface area contributed by atoms with E-state index in [1.54, 1.807) is 34.4 Å². The number of halogens is 1. The lowest BCUT2D eigenvalue weighted by Gasteiger charge is -2.23. The summed E-state index contributed by atoms with van der Waals surface area (Å²) in [5.74, 6) is 0.229. The largest absolute Gasteiger partial charge is 0.484 e. The monoisotopic (exact) mass is 396 g/mol. The molecule has 0 unspecified atom stereocenters. The number of aryl methyl sites for hydroxylation is 1. The minimum atomic E-state index is -0.283. The molecular formula is C22H21FN2O2S. The lowest BCUT2D eigenvalue weighted by Crippen LogP contribution is -2.36. The van der Waals surface area contributed by atoms with Crippen LogP contribution in [-0.4, -0.2) is 28.4 Å². The second-order valence-corrected chi connectivity index (χ2v) is 7.81. The Hall–Kier alpha value is -2.73. The molecule has 0 saturated heterocycles. The van der Waals surface area contributed by atoms with Gasteiger partial charge in [0.05, 0.1) is 0 Å². The molecule has 0 aliphatic heterocycles. The molecule has 1 fully saturated rings. The fourth-order valence-electron chi connectivity index (χ4n) is 3.03. The number of amides is 1. The number of aromatic nitrogens is 1. The summed E-state index contributed by atoms with van der Waals surface area (Å²) in [6.45, 7) is 2.19. The van der Waals surface area contributed by atoms with E-state index in [0.29, 0.717) is 11.3 Å². The number of rotatable bonds is 7. The Kier molecular flexibility index (Phi) is 5.39. The maximum absolute atomic E-state index is 14.0. The van der Waals surface area contributed by atoms with Gasteiger partial charge in [-0.25, -0.2) is 9.37 Å². The van der Waals surface area contributed by atoms with Crippen LogP contribution in [0.3, 0.4) is 0 Å². The number of carbonyl (C=O) groups excluding carboxylic acids is 1. The summed E-state index contributed by atoms with van der Waals surface area (Å²) < 4.78 is 19.6. The molecule has 1 aliphatic rings. The first-order valence-corrected chi connectivity index (χ1v) is 10.2. The maximum atomic E-state index is 14.0. The Morgan fingerprint density at radius 3 is 2.61 bits per heavy atom. The van der Waals surface area contributed by atoms with Crippen LogP contribution in [0.5, 0.6) is 5.75 Å². The zero-order valence-electron chi connectivity index (χ0n) is 15.6. The molecule has 1 amide bonds. The van der Waals surface area contributed by atoms with Gasteiger partial charge >= 0.3 is 0 Å². The third-order valence-corrected chi connectivity index (χ3v) is 5.70. The van der Waals surface area contributed by atoms with E-state index >= 15 is 0 Å². The van der Waals surface area contributed by atoms with Crippen molar-refractivity contribution >= 4 is 17.2 Å². The van der Waals surface area contributed by atoms with Crippen molar-refractivity contribution in [3.63, 3.8) is 0 Å². The second kappa shape index (κ2) is 8.10. The molecule has 1 saturated carbocycles. The predicted octanol–water partition coefficient (Wildman–Crippen LogP) is 4.83. The minimum absolute atomic E-state index is 0.0549. The Balaban J connectivity index is 1.38. The van der Waals surface area contributed by atoms with Gasteiger partial charge in [0, 0.05) is 34.8 Å². The van der Waals surface area contributed by atoms with Crippen LogP contribution in [-0.2, 0) is 11.3 Å². The molecule has 3 aromatic rings. The van der Waals surface area contributed by atoms with E-state index in [1.165, 1.54) is 6.07 Å². The number of benzene rings is 2. The van der Waals surface area contributed by atoms with Crippen molar-refractivity contribution in [2.45, 2.75) is 32.4 Å². The highest BCUT2D eigenvalue weighted by Gasteiger charge is 2.33. The van der Waals surface area contributed by atoms with Gasteiger partial charge in [-0.05, 0) is 50.1 Å². The number of hydrogen-bond donors (Lipinski definition) is 0. The fourth-order valence-corrected chi connectivity index (χ4v) is 3.83. The molecule has 28 heavy (non-hydrogen) atoms. The quantitative estimate of drug-likeness (QED) is 0.575. The molecule has 4 rings (SSSR count). The van der Waals surface area contributed by atoms with Gasteiger partial charge in [-0.2, -0.15) is 0 Å². The summed E-state index contributed by atoms with van der Waals surface area (Å²) in [5.41, 5.74) is 2.56. The van der Waals surface area contributed by atoms with Gasteiger partial charge in [0.25, 0.3) is 5.91 Å². The SMILES string of the molecule is Cc1csc(-c2ccc(OCC(=O)N(Cc3ccccc3F)C3CC3)cc2)n1. The molecule has 0 spiro atoms. The van der Waals surface area contributed by atoms with Crippen LogP contribution in [0.15, 0.2) is 53.9 Å². The molecule has 2 aromatic carbocycles. The van der Waals surface area contributed by atoms with E-state index in [-0.39, 0.29) is 30.9 Å². The van der Waals surface area contributed by atoms with E-state index in [4.69, 9.17) is 4.74 Å². The van der Waals surface area contributed by atoms with Crippen molar-refractivity contribution in [1.82, 2.24) is 9.88 Å². The van der Waals surface area contributed by atoms with Gasteiger partial charge in [-0.15, -0.1) is 11.3 Å². The minimum Gasteiger partial charge on any atom is -0.484 e. The highest BCUT2D eigenvalue weighted by molar-refractivity contribution is 7.13. The van der Waals surface area contributed by atoms with Crippen molar-refractivity contribution in [2.75, 3.05) is 6.61 Å². The standard InChI is InChI=1S/C22H21FN2O2S/c1-15-14-28-22(24-15)16-6-10-19(11-7-16)27-13-21(26)25(18-8-9-18)12-17-4-2-3-5-20(17)23/h2-7,10-11,14,18H,8-9,12-13H2,1H3. The van der Waals surface area contributed by atoms with Crippen LogP contribution < -0.4 is 4.74 Å². The zero-order chi connectivity index (χ0) is 19.5. The van der Waals surface area contributed by atoms with Crippen LogP contribution in [0.2, 0.25) is 0 Å². The number of carbonyl (C=O) groups is 1. The van der Waals surface area contributed by atoms with Gasteiger partial charge in [-0.1, -0.05) is 18.2 Å². The molecule has 144 valence electrons. The van der Waals surface area contributed by atoms with Crippen LogP contribution >= 0.6 is 11.3 Å². The molecule has 6 heteroatoms. The third kappa shape index (κ3) is 4.39. The van der Waals surface area contributed by atoms with Gasteiger partial charge in [0.2, 0.25) is 0 Å². The first kappa shape index (κ1) is 18.6. The lowest BCUT2D eigenvalue weighted by molar-refractivity contribution is -0.134. The Labute approximate surface area is 167 Å². The van der Waals surface area contributed by atoms with E-state index in [1.807, 2.05) is 36.6 Å². The smallest absolute Gasteiger partial charge is 0.261 e. The third-order valence-electron chi connectivity index (χ3n) is 4.69. The van der Waals surface area contributed by atoms with Crippen molar-refractivity contribution in [1.29, 1.82) is 0 Å². The van der Waals surface area contributed by atoms with E-state index in [0.717, 1.165) is 29.1 Å². The van der Waals surface area contributed by atoms with Gasteiger partial charge < -0.3 is 9.64 Å². The molecule has 0 N–H and O–H groups in total. The lowest BCUT2D eigenvalue weighted by atomic mass is 10.2. The maximum Gasteiger partial charge on any atom is 0.261 e. The normalized spacial score (nSPS) is 13.4. The van der Waals surface area contributed by atoms with Gasteiger partial charge in [0.15, 0.2) is 6.61 Å². The Morgan fingerprint density at radius 1 is 1.21 bits per heavy atom. The summed E-state index contributed by atoms with van der Waals surface area (Å²) in [7, 11) is 0. The number of ether oxygens (including phenoxy) is 1. The Bertz CT molecular complexity index is 967. The van der Waals surface area contributed by atoms with Crippen LogP contribution in [0.1, 0.15) is 24.1 Å². The molecule has 0 bridgehead atoms. The summed E-state index contributed by atoms with van der Waals surface area (Å²) in [6.07, 6.45) is 1.92. The van der Waals surface area contributed by atoms with Crippen molar-refractivity contribution < 1.29 is 13.9 Å². The zero-order valence-corrected chi connectivity index (χ0v) is 16.4. The van der Waals surface area contributed by atoms with Crippen LogP contribution in [0.25, 0.3) is 10.6 Å². The van der Waals surface area contributed by atoms with E-state index < -0.39 is 0 Å². The Morgan fingerprint density at radius 2 is 1.96 bits per heavy atom. The summed E-state index contributed by atoms with van der Waals surface area (Å²) in [5, 5.41) is 2.98. The second-order valence-electron chi connectivity index (χ2n) is 6.95. The first-order chi connectivity index (χ1) is 13.6. The van der Waals surface area contributed by atoms with Crippen LogP contribution in [0.4, 0.5) is 4.39 Å². The highest BCUT2D eigenvalue weighted by atomic mass is 32.1. The number of thiazole rings is 1. The van der Waals surface area contributed by atoms with E-state index in [9.17, 15) is 9.18 Å². The van der Waals surface area contributed by atoms with Crippen molar-refractivity contribution in [3.8, 4) is 16.3 Å². The summed E-state index contributed by atoms with van der Waals surface area (Å²) in [6, 6.07) is 14.3. The average molecular weight is 396 g/mol.